The van der Waals surface area contributed by atoms with Crippen molar-refractivity contribution in [2.45, 2.75) is 184 Å². The molecule has 0 N–H and O–H groups in total. The summed E-state index contributed by atoms with van der Waals surface area (Å²) in [7, 11) is 10.6. The molecule has 11 heteroatoms. The Bertz CT molecular complexity index is 5910. The lowest BCUT2D eigenvalue weighted by Gasteiger charge is -2.12. The molecule has 0 radical (unpaired) electrons. The third-order valence-corrected chi connectivity index (χ3v) is 23.1. The van der Waals surface area contributed by atoms with Gasteiger partial charge in [-0.05, 0) is 260 Å². The highest BCUT2D eigenvalue weighted by atomic mass is 15.0. The van der Waals surface area contributed by atoms with Gasteiger partial charge in [0.15, 0.2) is 16.9 Å². The van der Waals surface area contributed by atoms with Gasteiger partial charge in [-0.25, -0.2) is 29.5 Å². The van der Waals surface area contributed by atoms with Crippen LogP contribution in [0.1, 0.15) is 173 Å². The van der Waals surface area contributed by atoms with Gasteiger partial charge >= 0.3 is 5.65 Å². The Hall–Kier alpha value is -11.2. The van der Waals surface area contributed by atoms with Crippen molar-refractivity contribution >= 4 is 55.3 Å². The molecule has 0 amide bonds. The molecule has 0 aliphatic rings. The number of aromatic nitrogens is 11. The van der Waals surface area contributed by atoms with Gasteiger partial charge in [0.25, 0.3) is 0 Å². The maximum absolute atomic E-state index is 4.85. The molecule has 0 aliphatic heterocycles. The molecule has 0 saturated carbocycles. The highest BCUT2D eigenvalue weighted by Crippen LogP contribution is 2.33. The zero-order valence-electron chi connectivity index (χ0n) is 73.5. The van der Waals surface area contributed by atoms with Crippen molar-refractivity contribution in [1.82, 2.24) is 29.9 Å². The van der Waals surface area contributed by atoms with Gasteiger partial charge in [-0.15, -0.1) is 0 Å². The van der Waals surface area contributed by atoms with Crippen molar-refractivity contribution in [2.24, 2.45) is 47.1 Å². The van der Waals surface area contributed by atoms with Crippen molar-refractivity contribution in [3.8, 4) is 56.3 Å². The summed E-state index contributed by atoms with van der Waals surface area (Å²) in [5.41, 5.74) is 47.9. The minimum atomic E-state index is 0.408. The molecule has 6 heterocycles. The van der Waals surface area contributed by atoms with Crippen LogP contribution < -0.4 is 22.8 Å². The van der Waals surface area contributed by atoms with E-state index >= 15 is 0 Å². The number of fused-ring (bicyclic) bond motifs is 5. The van der Waals surface area contributed by atoms with Crippen LogP contribution in [0.5, 0.6) is 0 Å². The van der Waals surface area contributed by atoms with Crippen LogP contribution in [0.25, 0.3) is 112 Å². The Morgan fingerprint density at radius 2 is 0.588 bits per heavy atom. The van der Waals surface area contributed by atoms with Crippen LogP contribution in [-0.2, 0) is 48.1 Å². The Morgan fingerprint density at radius 1 is 0.281 bits per heavy atom. The molecule has 0 fully saturated rings. The summed E-state index contributed by atoms with van der Waals surface area (Å²) in [6.07, 6.45) is 12.2. The Morgan fingerprint density at radius 3 is 0.947 bits per heavy atom. The predicted molar refractivity (Wildman–Crippen MR) is 476 cm³/mol. The second kappa shape index (κ2) is 35.5. The molecule has 114 heavy (non-hydrogen) atoms. The van der Waals surface area contributed by atoms with Crippen LogP contribution in [-0.4, -0.2) is 29.9 Å². The minimum absolute atomic E-state index is 0.408. The quantitative estimate of drug-likeness (QED) is 0.120. The zero-order valence-corrected chi connectivity index (χ0v) is 73.5. The summed E-state index contributed by atoms with van der Waals surface area (Å²) >= 11 is 0. The largest absolute Gasteiger partial charge is 0.349 e. The molecule has 0 bridgehead atoms. The SMILES string of the molecule is Cc1cc(C)c(C)c(-c2cnc3c(C(C)C)cccc3[n+]2C)c1.Cc1cc(C)c(C)c(-c2cnc3c(CC(C)C)cccc3[n+]2C)c1.Cc1cc(C)c(C)c(-c2cnc3c(CC(C)C)cccc3[n+]2C)c1.Cc1cc(C)c(C)c(-c2cnc3ccc(C(C)C)nc3[n+]2C)c1.Cc1cc(C)c(C)c(-c2cnc3ccccc3[n+]2C)c1. The number of para-hydroxylation sites is 5. The number of benzene rings is 9. The molecule has 0 unspecified atom stereocenters. The summed E-state index contributed by atoms with van der Waals surface area (Å²) in [6.45, 7) is 50.4. The van der Waals surface area contributed by atoms with Crippen molar-refractivity contribution in [3.05, 3.63) is 288 Å². The summed E-state index contributed by atoms with van der Waals surface area (Å²) in [5.74, 6) is 2.14. The van der Waals surface area contributed by atoms with E-state index in [-0.39, 0.29) is 0 Å². The topological polar surface area (TPSA) is 96.7 Å². The Labute approximate surface area is 679 Å². The molecule has 11 nitrogen and oxygen atoms in total. The Balaban J connectivity index is 0.000000141. The van der Waals surface area contributed by atoms with Crippen LogP contribution in [0.3, 0.4) is 0 Å². The highest BCUT2D eigenvalue weighted by molar-refractivity contribution is 5.81. The van der Waals surface area contributed by atoms with E-state index in [4.69, 9.17) is 19.9 Å². The maximum atomic E-state index is 4.85. The first-order valence-electron chi connectivity index (χ1n) is 40.7. The first kappa shape index (κ1) is 83.8. The van der Waals surface area contributed by atoms with Gasteiger partial charge in [-0.1, -0.05) is 162 Å². The van der Waals surface area contributed by atoms with Gasteiger partial charge in [0, 0.05) is 35.7 Å². The number of hydrogen-bond acceptors (Lipinski definition) is 6. The number of rotatable bonds is 11. The monoisotopic (exact) mass is 1510 g/mol. The molecular weight excluding hydrogens is 1390 g/mol. The fraction of sp³-hybridized carbons (Fsp3) is 0.330. The van der Waals surface area contributed by atoms with Crippen LogP contribution in [0.4, 0.5) is 0 Å². The molecule has 0 atom stereocenters. The molecule has 0 saturated heterocycles. The summed E-state index contributed by atoms with van der Waals surface area (Å²) in [6, 6.07) is 54.4. The second-order valence-corrected chi connectivity index (χ2v) is 33.6. The lowest BCUT2D eigenvalue weighted by molar-refractivity contribution is -0.636. The number of nitrogens with zero attached hydrogens (tertiary/aromatic N) is 11. The molecule has 0 spiro atoms. The van der Waals surface area contributed by atoms with Gasteiger partial charge in [0.2, 0.25) is 44.8 Å². The van der Waals surface area contributed by atoms with E-state index in [1.54, 1.807) is 0 Å². The van der Waals surface area contributed by atoms with E-state index in [0.717, 1.165) is 68.7 Å². The predicted octanol–water partition coefficient (Wildman–Crippen LogP) is 22.3. The van der Waals surface area contributed by atoms with E-state index in [2.05, 4.69) is 367 Å². The molecule has 15 aromatic rings. The molecule has 9 aromatic carbocycles. The fourth-order valence-corrected chi connectivity index (χ4v) is 16.1. The van der Waals surface area contributed by atoms with E-state index in [1.807, 2.05) is 43.1 Å². The van der Waals surface area contributed by atoms with Gasteiger partial charge in [0.1, 0.15) is 75.0 Å². The van der Waals surface area contributed by atoms with Gasteiger partial charge in [-0.3, -0.25) is 0 Å². The summed E-state index contributed by atoms with van der Waals surface area (Å²) in [4.78, 5) is 28.6. The maximum Gasteiger partial charge on any atom is 0.349 e. The van der Waals surface area contributed by atoms with Crippen molar-refractivity contribution in [1.29, 1.82) is 0 Å². The van der Waals surface area contributed by atoms with Gasteiger partial charge in [0.05, 0.1) is 35.5 Å². The smallest absolute Gasteiger partial charge is 0.244 e. The number of aryl methyl sites for hydroxylation is 15. The lowest BCUT2D eigenvalue weighted by atomic mass is 9.97. The molecule has 15 rings (SSSR count). The molecular formula is C103H122N11+5. The fourth-order valence-electron chi connectivity index (χ4n) is 16.1. The normalized spacial score (nSPS) is 11.4. The molecule has 6 aromatic heterocycles. The van der Waals surface area contributed by atoms with Gasteiger partial charge in [-0.2, -0.15) is 18.3 Å². The first-order valence-corrected chi connectivity index (χ1v) is 40.7. The van der Waals surface area contributed by atoms with Crippen LogP contribution >= 0.6 is 0 Å². The summed E-state index contributed by atoms with van der Waals surface area (Å²) < 4.78 is 11.2. The highest BCUT2D eigenvalue weighted by Gasteiger charge is 2.26. The van der Waals surface area contributed by atoms with Gasteiger partial charge < -0.3 is 0 Å². The van der Waals surface area contributed by atoms with E-state index in [9.17, 15) is 0 Å². The molecule has 0 aliphatic carbocycles. The average molecular weight is 1510 g/mol. The Kier molecular flexibility index (Phi) is 26.1. The second-order valence-electron chi connectivity index (χ2n) is 33.6. The van der Waals surface area contributed by atoms with E-state index in [0.29, 0.717) is 23.7 Å². The average Bonchev–Trinajstić information content (AvgIpc) is 0.771. The number of pyridine rings is 1. The van der Waals surface area contributed by atoms with E-state index < -0.39 is 0 Å². The molecule has 584 valence electrons. The van der Waals surface area contributed by atoms with Crippen LogP contribution in [0, 0.1) is 116 Å². The summed E-state index contributed by atoms with van der Waals surface area (Å²) in [5, 5.41) is 0. The lowest BCUT2D eigenvalue weighted by Crippen LogP contribution is -2.34. The van der Waals surface area contributed by atoms with Crippen molar-refractivity contribution in [3.63, 3.8) is 0 Å². The van der Waals surface area contributed by atoms with Crippen LogP contribution in [0.15, 0.2) is 183 Å². The first-order chi connectivity index (χ1) is 54.1. The third-order valence-electron chi connectivity index (χ3n) is 23.1. The zero-order chi connectivity index (χ0) is 82.6. The van der Waals surface area contributed by atoms with Crippen molar-refractivity contribution < 1.29 is 22.8 Å². The van der Waals surface area contributed by atoms with Crippen LogP contribution in [0.2, 0.25) is 0 Å². The van der Waals surface area contributed by atoms with E-state index in [1.165, 1.54) is 162 Å². The van der Waals surface area contributed by atoms with Crippen molar-refractivity contribution in [2.75, 3.05) is 0 Å². The third kappa shape index (κ3) is 18.1. The minimum Gasteiger partial charge on any atom is -0.244 e. The standard InChI is InChI=1S/2C22H27N2.C21H25N2.C20H24N3.C18H19N2/c2*1-14(2)10-18-8-7-9-20-22(18)23-13-21(24(20)6)19-12-15(3)11-16(4)17(19)5;1-13(2)17-8-7-9-19-21(17)22-12-20(23(19)6)18-11-14(3)10-15(4)16(18)5;1-12(2)17-7-8-18-20(22-17)23(6)19(11-21-18)16-10-13(3)9-14(4)15(16)5;1-12-9-13(2)14(3)15(10-12)18-11-19-16-7-5-6-8-17(16)20(18)4/h2*7-9,11-14H,10H2,1-6H3;7-13H,1-6H3;7-12H,1-6H3;5-11H,1-4H3/q5*+1. The number of hydrogen-bond donors (Lipinski definition) is 0.